The number of piperidine rings is 2. The molecule has 32 heavy (non-hydrogen) atoms. The predicted octanol–water partition coefficient (Wildman–Crippen LogP) is 3.76. The summed E-state index contributed by atoms with van der Waals surface area (Å²) in [6.07, 6.45) is 9.20. The lowest BCUT2D eigenvalue weighted by atomic mass is 9.83. The molecule has 3 aliphatic rings. The van der Waals surface area contributed by atoms with E-state index in [0.717, 1.165) is 44.3 Å². The third-order valence-corrected chi connectivity index (χ3v) is 6.69. The normalized spacial score (nSPS) is 25.0. The number of ether oxygens (including phenoxy) is 2. The molecule has 2 saturated heterocycles. The minimum Gasteiger partial charge on any atom is -0.446 e. The molecule has 2 fully saturated rings. The zero-order chi connectivity index (χ0) is 23.3. The molecule has 178 valence electrons. The second-order valence-corrected chi connectivity index (χ2v) is 9.90. The van der Waals surface area contributed by atoms with Gasteiger partial charge in [0.15, 0.2) is 0 Å². The van der Waals surface area contributed by atoms with Crippen molar-refractivity contribution in [2.24, 2.45) is 16.8 Å². The summed E-state index contributed by atoms with van der Waals surface area (Å²) in [5, 5.41) is 10.2. The van der Waals surface area contributed by atoms with Gasteiger partial charge in [0, 0.05) is 37.3 Å². The van der Waals surface area contributed by atoms with Crippen LogP contribution in [-0.2, 0) is 9.47 Å². The van der Waals surface area contributed by atoms with Crippen LogP contribution in [0.4, 0.5) is 4.79 Å². The fraction of sp³-hybridized carbons (Fsp3) is 0.680. The van der Waals surface area contributed by atoms with Gasteiger partial charge in [-0.2, -0.15) is 0 Å². The van der Waals surface area contributed by atoms with Gasteiger partial charge < -0.3 is 19.5 Å². The highest BCUT2D eigenvalue weighted by molar-refractivity contribution is 6.00. The van der Waals surface area contributed by atoms with Crippen molar-refractivity contribution in [3.8, 4) is 0 Å². The second-order valence-electron chi connectivity index (χ2n) is 9.90. The van der Waals surface area contributed by atoms with Crippen molar-refractivity contribution in [3.63, 3.8) is 0 Å². The number of amides is 1. The van der Waals surface area contributed by atoms with Gasteiger partial charge in [0.2, 0.25) is 5.90 Å². The highest BCUT2D eigenvalue weighted by atomic mass is 16.6. The molecule has 1 amide bonds. The highest BCUT2D eigenvalue weighted by Crippen LogP contribution is 2.36. The SMILES string of the molecule is C=C/C=C1/C(C2CCN(C(CO)C3CCN(C(=O)OC(C)(C)C)CC3)CC2)=COC1=NC. The molecular formula is C25H39N3O4. The molecule has 0 aromatic rings. The third-order valence-electron chi connectivity index (χ3n) is 6.69. The molecular weight excluding hydrogens is 406 g/mol. The van der Waals surface area contributed by atoms with Gasteiger partial charge in [-0.3, -0.25) is 9.89 Å². The van der Waals surface area contributed by atoms with Crippen molar-refractivity contribution in [1.29, 1.82) is 0 Å². The number of carbonyl (C=O) groups excluding carboxylic acids is 1. The first-order chi connectivity index (χ1) is 15.3. The van der Waals surface area contributed by atoms with E-state index in [0.29, 0.717) is 30.8 Å². The Morgan fingerprint density at radius 3 is 2.47 bits per heavy atom. The topological polar surface area (TPSA) is 74.6 Å². The molecule has 0 aromatic heterocycles. The molecule has 7 nitrogen and oxygen atoms in total. The summed E-state index contributed by atoms with van der Waals surface area (Å²) >= 11 is 0. The Labute approximate surface area is 192 Å². The number of aliphatic hydroxyl groups excluding tert-OH is 1. The molecule has 3 aliphatic heterocycles. The standard InChI is InChI=1S/C25H39N3O4/c1-6-7-20-21(17-31-23(20)26-5)18-8-12-27(13-9-18)22(16-29)19-10-14-28(15-11-19)24(30)32-25(2,3)4/h6-7,17-19,22,29H,1,8-16H2,2-5H3/b20-7-,26-23?. The van der Waals surface area contributed by atoms with Crippen LogP contribution < -0.4 is 0 Å². The van der Waals surface area contributed by atoms with Crippen molar-refractivity contribution in [1.82, 2.24) is 9.80 Å². The van der Waals surface area contributed by atoms with Crippen LogP contribution in [0.3, 0.4) is 0 Å². The number of nitrogens with zero attached hydrogens (tertiary/aromatic N) is 3. The molecule has 0 aromatic carbocycles. The molecule has 0 radical (unpaired) electrons. The van der Waals surface area contributed by atoms with Gasteiger partial charge in [0.1, 0.15) is 5.60 Å². The molecule has 0 bridgehead atoms. The van der Waals surface area contributed by atoms with E-state index < -0.39 is 5.60 Å². The summed E-state index contributed by atoms with van der Waals surface area (Å²) < 4.78 is 11.2. The monoisotopic (exact) mass is 445 g/mol. The van der Waals surface area contributed by atoms with Crippen LogP contribution in [0.2, 0.25) is 0 Å². The Morgan fingerprint density at radius 2 is 1.94 bits per heavy atom. The van der Waals surface area contributed by atoms with Crippen LogP contribution in [0.25, 0.3) is 0 Å². The summed E-state index contributed by atoms with van der Waals surface area (Å²) in [7, 11) is 1.74. The average Bonchev–Trinajstić information content (AvgIpc) is 3.17. The number of aliphatic imine (C=N–C) groups is 1. The van der Waals surface area contributed by atoms with Gasteiger partial charge >= 0.3 is 6.09 Å². The maximum atomic E-state index is 12.4. The Bertz CT molecular complexity index is 765. The van der Waals surface area contributed by atoms with Gasteiger partial charge in [-0.1, -0.05) is 12.7 Å². The Morgan fingerprint density at radius 1 is 1.28 bits per heavy atom. The number of hydrogen-bond acceptors (Lipinski definition) is 6. The van der Waals surface area contributed by atoms with Gasteiger partial charge in [0.25, 0.3) is 0 Å². The zero-order valence-corrected chi connectivity index (χ0v) is 20.0. The van der Waals surface area contributed by atoms with Crippen molar-refractivity contribution in [2.75, 3.05) is 39.8 Å². The maximum absolute atomic E-state index is 12.4. The van der Waals surface area contributed by atoms with Crippen LogP contribution in [0.5, 0.6) is 0 Å². The van der Waals surface area contributed by atoms with E-state index in [2.05, 4.69) is 16.5 Å². The van der Waals surface area contributed by atoms with E-state index in [4.69, 9.17) is 9.47 Å². The minimum atomic E-state index is -0.476. The summed E-state index contributed by atoms with van der Waals surface area (Å²) in [4.78, 5) is 20.8. The minimum absolute atomic E-state index is 0.140. The van der Waals surface area contributed by atoms with Crippen LogP contribution in [0.1, 0.15) is 46.5 Å². The number of rotatable bonds is 5. The van der Waals surface area contributed by atoms with E-state index in [1.54, 1.807) is 18.0 Å². The van der Waals surface area contributed by atoms with E-state index in [1.165, 1.54) is 5.57 Å². The van der Waals surface area contributed by atoms with Crippen LogP contribution in [-0.4, -0.2) is 78.4 Å². The average molecular weight is 446 g/mol. The molecule has 1 unspecified atom stereocenters. The number of hydrogen-bond donors (Lipinski definition) is 1. The molecule has 0 aliphatic carbocycles. The highest BCUT2D eigenvalue weighted by Gasteiger charge is 2.36. The number of allylic oxidation sites excluding steroid dienone is 2. The number of aliphatic hydroxyl groups is 1. The van der Waals surface area contributed by atoms with Crippen LogP contribution in [0, 0.1) is 11.8 Å². The first kappa shape index (κ1) is 24.5. The quantitative estimate of drug-likeness (QED) is 0.697. The third kappa shape index (κ3) is 5.81. The second kappa shape index (κ2) is 10.7. The van der Waals surface area contributed by atoms with Gasteiger partial charge in [-0.15, -0.1) is 0 Å². The molecule has 7 heteroatoms. The summed E-state index contributed by atoms with van der Waals surface area (Å²) in [6, 6.07) is 0.140. The number of carbonyl (C=O) groups is 1. The van der Waals surface area contributed by atoms with Crippen LogP contribution in [0.15, 0.2) is 41.1 Å². The molecule has 0 spiro atoms. The summed E-state index contributed by atoms with van der Waals surface area (Å²) in [6.45, 7) is 12.9. The van der Waals surface area contributed by atoms with E-state index in [1.807, 2.05) is 33.1 Å². The van der Waals surface area contributed by atoms with E-state index in [9.17, 15) is 9.90 Å². The van der Waals surface area contributed by atoms with Crippen LogP contribution >= 0.6 is 0 Å². The first-order valence-electron chi connectivity index (χ1n) is 11.8. The number of likely N-dealkylation sites (tertiary alicyclic amines) is 2. The lowest BCUT2D eigenvalue weighted by Gasteiger charge is -2.43. The Kier molecular flexibility index (Phi) is 8.17. The van der Waals surface area contributed by atoms with Crippen molar-refractivity contribution >= 4 is 12.0 Å². The van der Waals surface area contributed by atoms with Gasteiger partial charge in [-0.05, 0) is 77.5 Å². The van der Waals surface area contributed by atoms with Gasteiger partial charge in [0.05, 0.1) is 12.9 Å². The van der Waals surface area contributed by atoms with E-state index >= 15 is 0 Å². The summed E-state index contributed by atoms with van der Waals surface area (Å²) in [5.41, 5.74) is 1.77. The fourth-order valence-electron chi connectivity index (χ4n) is 5.04. The molecule has 3 rings (SSSR count). The van der Waals surface area contributed by atoms with Gasteiger partial charge in [-0.25, -0.2) is 4.79 Å². The maximum Gasteiger partial charge on any atom is 0.410 e. The molecule has 1 N–H and O–H groups in total. The lowest BCUT2D eigenvalue weighted by molar-refractivity contribution is 0.00390. The van der Waals surface area contributed by atoms with Crippen molar-refractivity contribution in [2.45, 2.75) is 58.1 Å². The zero-order valence-electron chi connectivity index (χ0n) is 20.0. The predicted molar refractivity (Wildman–Crippen MR) is 127 cm³/mol. The smallest absolute Gasteiger partial charge is 0.410 e. The molecule has 3 heterocycles. The summed E-state index contributed by atoms with van der Waals surface area (Å²) in [5.74, 6) is 1.47. The molecule has 1 atom stereocenters. The fourth-order valence-corrected chi connectivity index (χ4v) is 5.04. The largest absolute Gasteiger partial charge is 0.446 e. The first-order valence-corrected chi connectivity index (χ1v) is 11.8. The Hall–Kier alpha value is -2.12. The van der Waals surface area contributed by atoms with Crippen molar-refractivity contribution < 1.29 is 19.4 Å². The Balaban J connectivity index is 1.53. The van der Waals surface area contributed by atoms with Crippen molar-refractivity contribution in [3.05, 3.63) is 36.1 Å². The lowest BCUT2D eigenvalue weighted by Crippen LogP contribution is -2.51. The van der Waals surface area contributed by atoms with E-state index in [-0.39, 0.29) is 18.7 Å². The molecule has 0 saturated carbocycles.